The number of ether oxygens (including phenoxy) is 1. The minimum Gasteiger partial charge on any atom is -0.463 e. The number of methoxy groups -OCH3 is 1. The molecule has 0 saturated carbocycles. The van der Waals surface area contributed by atoms with E-state index in [2.05, 4.69) is 21.4 Å². The number of hydrogen-bond donors (Lipinski definition) is 0. The lowest BCUT2D eigenvalue weighted by Gasteiger charge is -1.97. The molecule has 0 aliphatic rings. The molecule has 4 nitrogen and oxygen atoms in total. The Bertz CT molecular complexity index is 241. The Labute approximate surface area is 71.7 Å². The van der Waals surface area contributed by atoms with Crippen LogP contribution < -0.4 is 0 Å². The molecule has 0 fully saturated rings. The maximum atomic E-state index is 10.9. The molecule has 0 bridgehead atoms. The minimum atomic E-state index is -0.578. The summed E-state index contributed by atoms with van der Waals surface area (Å²) in [6, 6.07) is 0. The van der Waals surface area contributed by atoms with Crippen molar-refractivity contribution in [1.82, 2.24) is 0 Å². The summed E-state index contributed by atoms with van der Waals surface area (Å²) in [5.74, 6) is -0.598. The van der Waals surface area contributed by atoms with Crippen LogP contribution in [0, 0.1) is 0 Å². The molecule has 0 amide bonds. The minimum absolute atomic E-state index is 0.0203. The van der Waals surface area contributed by atoms with Gasteiger partial charge in [0.1, 0.15) is 0 Å². The Morgan fingerprint density at radius 1 is 1.58 bits per heavy atom. The third kappa shape index (κ3) is 3.09. The standard InChI is InChI=1S/C8H12N2O2/c1-5-6(2)10-7(9-3)8(11)12-4/h5H,3H2,1-2,4H3/b6-5-,10-7?. The molecule has 0 N–H and O–H groups in total. The van der Waals surface area contributed by atoms with Crippen molar-refractivity contribution in [3.05, 3.63) is 11.8 Å². The van der Waals surface area contributed by atoms with E-state index in [1.165, 1.54) is 7.11 Å². The summed E-state index contributed by atoms with van der Waals surface area (Å²) in [5, 5.41) is 0. The summed E-state index contributed by atoms with van der Waals surface area (Å²) >= 11 is 0. The van der Waals surface area contributed by atoms with Gasteiger partial charge in [-0.15, -0.1) is 0 Å². The van der Waals surface area contributed by atoms with E-state index in [1.54, 1.807) is 13.0 Å². The first-order chi connectivity index (χ1) is 5.65. The van der Waals surface area contributed by atoms with E-state index in [0.29, 0.717) is 5.70 Å². The molecular weight excluding hydrogens is 156 g/mol. The summed E-state index contributed by atoms with van der Waals surface area (Å²) in [7, 11) is 1.27. The maximum absolute atomic E-state index is 10.9. The van der Waals surface area contributed by atoms with Gasteiger partial charge < -0.3 is 4.74 Å². The smallest absolute Gasteiger partial charge is 0.376 e. The molecule has 0 spiro atoms. The van der Waals surface area contributed by atoms with Crippen LogP contribution in [0.2, 0.25) is 0 Å². The van der Waals surface area contributed by atoms with Gasteiger partial charge in [0.15, 0.2) is 0 Å². The second-order valence-corrected chi connectivity index (χ2v) is 2.02. The Morgan fingerprint density at radius 2 is 2.17 bits per heavy atom. The predicted octanol–water partition coefficient (Wildman–Crippen LogP) is 1.18. The highest BCUT2D eigenvalue weighted by Gasteiger charge is 2.07. The third-order valence-corrected chi connectivity index (χ3v) is 1.22. The van der Waals surface area contributed by atoms with E-state index in [0.717, 1.165) is 0 Å². The van der Waals surface area contributed by atoms with E-state index < -0.39 is 5.97 Å². The third-order valence-electron chi connectivity index (χ3n) is 1.22. The van der Waals surface area contributed by atoms with Gasteiger partial charge in [-0.2, -0.15) is 0 Å². The van der Waals surface area contributed by atoms with Crippen LogP contribution >= 0.6 is 0 Å². The highest BCUT2D eigenvalue weighted by atomic mass is 16.5. The summed E-state index contributed by atoms with van der Waals surface area (Å²) in [6.45, 7) is 6.78. The van der Waals surface area contributed by atoms with Crippen molar-refractivity contribution in [2.45, 2.75) is 13.8 Å². The molecule has 0 saturated heterocycles. The van der Waals surface area contributed by atoms with E-state index in [9.17, 15) is 4.79 Å². The molecule has 0 radical (unpaired) electrons. The van der Waals surface area contributed by atoms with Gasteiger partial charge in [-0.25, -0.2) is 14.8 Å². The molecular formula is C8H12N2O2. The van der Waals surface area contributed by atoms with E-state index >= 15 is 0 Å². The monoisotopic (exact) mass is 168 g/mol. The number of allylic oxidation sites excluding steroid dienone is 2. The van der Waals surface area contributed by atoms with E-state index in [-0.39, 0.29) is 5.84 Å². The van der Waals surface area contributed by atoms with Crippen molar-refractivity contribution in [2.75, 3.05) is 7.11 Å². The van der Waals surface area contributed by atoms with Gasteiger partial charge in [0.05, 0.1) is 7.11 Å². The van der Waals surface area contributed by atoms with Gasteiger partial charge in [-0.1, -0.05) is 6.08 Å². The summed E-state index contributed by atoms with van der Waals surface area (Å²) in [5.41, 5.74) is 0.697. The molecule has 0 aromatic rings. The summed E-state index contributed by atoms with van der Waals surface area (Å²) in [4.78, 5) is 18.2. The molecule has 0 aliphatic heterocycles. The van der Waals surface area contributed by atoms with Crippen molar-refractivity contribution in [3.63, 3.8) is 0 Å². The zero-order valence-electron chi connectivity index (χ0n) is 7.50. The summed E-state index contributed by atoms with van der Waals surface area (Å²) in [6.07, 6.45) is 1.76. The first-order valence-electron chi connectivity index (χ1n) is 3.42. The van der Waals surface area contributed by atoms with Crippen molar-refractivity contribution < 1.29 is 9.53 Å². The van der Waals surface area contributed by atoms with Crippen molar-refractivity contribution in [1.29, 1.82) is 0 Å². The first kappa shape index (κ1) is 10.6. The topological polar surface area (TPSA) is 51.0 Å². The van der Waals surface area contributed by atoms with Gasteiger partial charge in [0.25, 0.3) is 0 Å². The van der Waals surface area contributed by atoms with Crippen LogP contribution in [-0.2, 0) is 9.53 Å². The normalized spacial score (nSPS) is 12.6. The van der Waals surface area contributed by atoms with Crippen molar-refractivity contribution in [3.8, 4) is 0 Å². The number of carbonyl (C=O) groups excluding carboxylic acids is 1. The van der Waals surface area contributed by atoms with Gasteiger partial charge >= 0.3 is 5.97 Å². The zero-order chi connectivity index (χ0) is 9.56. The average molecular weight is 168 g/mol. The lowest BCUT2D eigenvalue weighted by molar-refractivity contribution is -0.132. The Morgan fingerprint density at radius 3 is 2.50 bits per heavy atom. The molecule has 0 heterocycles. The quantitative estimate of drug-likeness (QED) is 0.335. The zero-order valence-corrected chi connectivity index (χ0v) is 7.50. The fourth-order valence-electron chi connectivity index (χ4n) is 0.468. The molecule has 4 heteroatoms. The van der Waals surface area contributed by atoms with E-state index in [1.807, 2.05) is 6.92 Å². The number of esters is 1. The lowest BCUT2D eigenvalue weighted by Crippen LogP contribution is -2.13. The van der Waals surface area contributed by atoms with Gasteiger partial charge in [0, 0.05) is 5.70 Å². The number of carbonyl (C=O) groups is 1. The SMILES string of the molecule is C=NC(=N/C(C)=C\C)C(=O)OC. The number of aliphatic imine (C=N–C) groups is 2. The Hall–Kier alpha value is -1.45. The molecule has 66 valence electrons. The average Bonchev–Trinajstić information content (AvgIpc) is 2.12. The highest BCUT2D eigenvalue weighted by Crippen LogP contribution is 1.96. The number of nitrogens with zero attached hydrogens (tertiary/aromatic N) is 2. The molecule has 0 aromatic carbocycles. The fraction of sp³-hybridized carbons (Fsp3) is 0.375. The molecule has 0 unspecified atom stereocenters. The van der Waals surface area contributed by atoms with Gasteiger partial charge in [-0.3, -0.25) is 0 Å². The molecule has 0 rings (SSSR count). The van der Waals surface area contributed by atoms with Crippen LogP contribution in [-0.4, -0.2) is 25.6 Å². The largest absolute Gasteiger partial charge is 0.463 e. The van der Waals surface area contributed by atoms with Crippen LogP contribution in [0.15, 0.2) is 21.8 Å². The maximum Gasteiger partial charge on any atom is 0.376 e. The van der Waals surface area contributed by atoms with Crippen LogP contribution in [0.25, 0.3) is 0 Å². The number of amidine groups is 1. The first-order valence-corrected chi connectivity index (χ1v) is 3.42. The predicted molar refractivity (Wildman–Crippen MR) is 48.4 cm³/mol. The Balaban J connectivity index is 4.66. The fourth-order valence-corrected chi connectivity index (χ4v) is 0.468. The molecule has 0 aromatic heterocycles. The van der Waals surface area contributed by atoms with Gasteiger partial charge in [0.2, 0.25) is 5.84 Å². The molecule has 0 aliphatic carbocycles. The Kier molecular flexibility index (Phi) is 4.60. The molecule has 0 atom stereocenters. The second kappa shape index (κ2) is 5.23. The van der Waals surface area contributed by atoms with Crippen LogP contribution in [0.5, 0.6) is 0 Å². The van der Waals surface area contributed by atoms with Crippen LogP contribution in [0.4, 0.5) is 0 Å². The van der Waals surface area contributed by atoms with Crippen LogP contribution in [0.3, 0.4) is 0 Å². The lowest BCUT2D eigenvalue weighted by atomic mass is 10.4. The van der Waals surface area contributed by atoms with Gasteiger partial charge in [-0.05, 0) is 20.6 Å². The number of rotatable bonds is 1. The highest BCUT2D eigenvalue weighted by molar-refractivity contribution is 6.36. The van der Waals surface area contributed by atoms with E-state index in [4.69, 9.17) is 0 Å². The van der Waals surface area contributed by atoms with Crippen molar-refractivity contribution >= 4 is 18.5 Å². The molecule has 12 heavy (non-hydrogen) atoms. The number of hydrogen-bond acceptors (Lipinski definition) is 3. The second-order valence-electron chi connectivity index (χ2n) is 2.02. The summed E-state index contributed by atoms with van der Waals surface area (Å²) < 4.78 is 4.42. The van der Waals surface area contributed by atoms with Crippen molar-refractivity contribution in [2.24, 2.45) is 9.98 Å². The van der Waals surface area contributed by atoms with Crippen LogP contribution in [0.1, 0.15) is 13.8 Å².